The molecule has 0 radical (unpaired) electrons. The van der Waals surface area contributed by atoms with Gasteiger partial charge in [0.15, 0.2) is 0 Å². The van der Waals surface area contributed by atoms with Gasteiger partial charge in [0, 0.05) is 17.6 Å². The topological polar surface area (TPSA) is 73.0 Å². The lowest BCUT2D eigenvalue weighted by atomic mass is 9.95. The quantitative estimate of drug-likeness (QED) is 0.776. The van der Waals surface area contributed by atoms with Crippen molar-refractivity contribution in [2.24, 2.45) is 0 Å². The first-order valence-corrected chi connectivity index (χ1v) is 9.30. The lowest BCUT2D eigenvalue weighted by Crippen LogP contribution is -2.38. The summed E-state index contributed by atoms with van der Waals surface area (Å²) in [6, 6.07) is 6.32. The van der Waals surface area contributed by atoms with Crippen molar-refractivity contribution < 1.29 is 9.32 Å². The Hall–Kier alpha value is -2.63. The summed E-state index contributed by atoms with van der Waals surface area (Å²) >= 11 is 0. The van der Waals surface area contributed by atoms with Crippen molar-refractivity contribution in [2.75, 3.05) is 0 Å². The van der Waals surface area contributed by atoms with Gasteiger partial charge in [0.25, 0.3) is 0 Å². The number of aryl methyl sites for hydroxylation is 2. The van der Waals surface area contributed by atoms with Crippen LogP contribution in [0.2, 0.25) is 0 Å². The summed E-state index contributed by atoms with van der Waals surface area (Å²) < 4.78 is 7.17. The maximum Gasteiger partial charge on any atom is 0.240 e. The number of carbonyl (C=O) groups is 1. The van der Waals surface area contributed by atoms with Crippen LogP contribution in [0.3, 0.4) is 0 Å². The Balaban J connectivity index is 1.57. The zero-order valence-corrected chi connectivity index (χ0v) is 15.3. The summed E-state index contributed by atoms with van der Waals surface area (Å²) in [5.41, 5.74) is 3.37. The number of fused-ring (bicyclic) bond motifs is 1. The number of nitrogens with zero attached hydrogens (tertiary/aromatic N) is 3. The Bertz CT molecular complexity index is 915. The van der Waals surface area contributed by atoms with Crippen molar-refractivity contribution >= 4 is 16.9 Å². The normalized spacial score (nSPS) is 15.5. The van der Waals surface area contributed by atoms with E-state index in [1.165, 1.54) is 19.3 Å². The van der Waals surface area contributed by atoms with Crippen LogP contribution in [0.25, 0.3) is 22.3 Å². The largest absolute Gasteiger partial charge is 0.361 e. The van der Waals surface area contributed by atoms with Crippen LogP contribution in [0.1, 0.15) is 43.6 Å². The van der Waals surface area contributed by atoms with Gasteiger partial charge < -0.3 is 14.4 Å². The molecule has 0 atom stereocenters. The molecule has 1 saturated carbocycles. The highest BCUT2D eigenvalue weighted by Crippen LogP contribution is 2.27. The number of amides is 1. The van der Waals surface area contributed by atoms with Gasteiger partial charge in [-0.2, -0.15) is 0 Å². The minimum Gasteiger partial charge on any atom is -0.361 e. The first-order chi connectivity index (χ1) is 12.6. The molecule has 0 spiro atoms. The molecule has 0 saturated heterocycles. The number of rotatable bonds is 4. The zero-order chi connectivity index (χ0) is 18.1. The van der Waals surface area contributed by atoms with Crippen molar-refractivity contribution in [3.8, 4) is 11.3 Å². The highest BCUT2D eigenvalue weighted by Gasteiger charge is 2.17. The fourth-order valence-electron chi connectivity index (χ4n) is 3.85. The predicted molar refractivity (Wildman–Crippen MR) is 99.7 cm³/mol. The minimum absolute atomic E-state index is 0.0546. The number of carbonyl (C=O) groups excluding carboxylic acids is 1. The van der Waals surface area contributed by atoms with Crippen LogP contribution in [-0.4, -0.2) is 26.7 Å². The van der Waals surface area contributed by atoms with E-state index < -0.39 is 0 Å². The number of aromatic nitrogens is 3. The Kier molecular flexibility index (Phi) is 4.49. The minimum atomic E-state index is 0.0546. The fraction of sp³-hybridized carbons (Fsp3) is 0.450. The van der Waals surface area contributed by atoms with Gasteiger partial charge in [-0.1, -0.05) is 24.4 Å². The van der Waals surface area contributed by atoms with Crippen LogP contribution in [0.4, 0.5) is 0 Å². The van der Waals surface area contributed by atoms with E-state index in [4.69, 9.17) is 9.51 Å². The molecular formula is C20H24N4O2. The molecule has 6 nitrogen and oxygen atoms in total. The molecule has 1 fully saturated rings. The standard InChI is InChI=1S/C20H24N4O2/c1-13-19(14(2)26-23-13)17-9-8-15-10-11-24(20(15)22-17)12-18(25)21-16-6-4-3-5-7-16/h8-11,16H,3-7,12H2,1-2H3,(H,21,25). The molecule has 1 aliphatic carbocycles. The molecule has 4 rings (SSSR count). The molecular weight excluding hydrogens is 328 g/mol. The fourth-order valence-corrected chi connectivity index (χ4v) is 3.85. The Labute approximate surface area is 152 Å². The van der Waals surface area contributed by atoms with Crippen molar-refractivity contribution in [3.63, 3.8) is 0 Å². The zero-order valence-electron chi connectivity index (χ0n) is 15.3. The molecule has 0 aliphatic heterocycles. The average molecular weight is 352 g/mol. The van der Waals surface area contributed by atoms with Crippen LogP contribution in [0.5, 0.6) is 0 Å². The second-order valence-corrected chi connectivity index (χ2v) is 7.15. The van der Waals surface area contributed by atoms with E-state index in [-0.39, 0.29) is 12.5 Å². The average Bonchev–Trinajstić information content (AvgIpc) is 3.18. The van der Waals surface area contributed by atoms with E-state index in [2.05, 4.69) is 10.5 Å². The van der Waals surface area contributed by atoms with Gasteiger partial charge in [0.05, 0.1) is 17.0 Å². The third-order valence-corrected chi connectivity index (χ3v) is 5.19. The lowest BCUT2D eigenvalue weighted by molar-refractivity contribution is -0.122. The van der Waals surface area contributed by atoms with Gasteiger partial charge in [-0.25, -0.2) is 4.98 Å². The molecule has 6 heteroatoms. The van der Waals surface area contributed by atoms with Gasteiger partial charge in [0.2, 0.25) is 5.91 Å². The molecule has 3 heterocycles. The van der Waals surface area contributed by atoms with E-state index in [0.29, 0.717) is 6.04 Å². The molecule has 136 valence electrons. The van der Waals surface area contributed by atoms with Gasteiger partial charge >= 0.3 is 0 Å². The summed E-state index contributed by atoms with van der Waals surface area (Å²) in [6.45, 7) is 4.09. The van der Waals surface area contributed by atoms with E-state index in [1.807, 2.05) is 42.8 Å². The van der Waals surface area contributed by atoms with Crippen LogP contribution in [0, 0.1) is 13.8 Å². The molecule has 0 bridgehead atoms. The van der Waals surface area contributed by atoms with Crippen LogP contribution < -0.4 is 5.32 Å². The van der Waals surface area contributed by atoms with E-state index in [9.17, 15) is 4.79 Å². The summed E-state index contributed by atoms with van der Waals surface area (Å²) in [6.07, 6.45) is 7.80. The molecule has 26 heavy (non-hydrogen) atoms. The summed E-state index contributed by atoms with van der Waals surface area (Å²) in [4.78, 5) is 17.2. The second-order valence-electron chi connectivity index (χ2n) is 7.15. The summed E-state index contributed by atoms with van der Waals surface area (Å²) in [7, 11) is 0. The van der Waals surface area contributed by atoms with E-state index in [0.717, 1.165) is 46.6 Å². The highest BCUT2D eigenvalue weighted by molar-refractivity contribution is 5.83. The molecule has 1 aliphatic rings. The SMILES string of the molecule is Cc1noc(C)c1-c1ccc2ccn(CC(=O)NC3CCCCC3)c2n1. The molecule has 0 unspecified atom stereocenters. The van der Waals surface area contributed by atoms with Crippen molar-refractivity contribution in [2.45, 2.75) is 58.5 Å². The predicted octanol–water partition coefficient (Wildman–Crippen LogP) is 3.76. The highest BCUT2D eigenvalue weighted by atomic mass is 16.5. The van der Waals surface area contributed by atoms with Gasteiger partial charge in [-0.05, 0) is 44.9 Å². The summed E-state index contributed by atoms with van der Waals surface area (Å²) in [5.74, 6) is 0.807. The maximum atomic E-state index is 12.5. The Morgan fingerprint density at radius 1 is 1.23 bits per heavy atom. The Morgan fingerprint density at radius 2 is 2.04 bits per heavy atom. The number of nitrogens with one attached hydrogen (secondary N) is 1. The molecule has 0 aromatic carbocycles. The number of hydrogen-bond donors (Lipinski definition) is 1. The van der Waals surface area contributed by atoms with Crippen LogP contribution in [-0.2, 0) is 11.3 Å². The first kappa shape index (κ1) is 16.8. The van der Waals surface area contributed by atoms with Crippen LogP contribution >= 0.6 is 0 Å². The van der Waals surface area contributed by atoms with Gasteiger partial charge in [-0.3, -0.25) is 4.79 Å². The summed E-state index contributed by atoms with van der Waals surface area (Å²) in [5, 5.41) is 8.20. The molecule has 1 N–H and O–H groups in total. The third-order valence-electron chi connectivity index (χ3n) is 5.19. The van der Waals surface area contributed by atoms with Crippen molar-refractivity contribution in [1.82, 2.24) is 20.0 Å². The lowest BCUT2D eigenvalue weighted by Gasteiger charge is -2.22. The van der Waals surface area contributed by atoms with E-state index >= 15 is 0 Å². The molecule has 1 amide bonds. The maximum absolute atomic E-state index is 12.5. The smallest absolute Gasteiger partial charge is 0.240 e. The van der Waals surface area contributed by atoms with E-state index in [1.54, 1.807) is 0 Å². The second kappa shape index (κ2) is 6.94. The molecule has 3 aromatic heterocycles. The van der Waals surface area contributed by atoms with Crippen molar-refractivity contribution in [1.29, 1.82) is 0 Å². The Morgan fingerprint density at radius 3 is 2.77 bits per heavy atom. The van der Waals surface area contributed by atoms with Gasteiger partial charge in [0.1, 0.15) is 18.0 Å². The first-order valence-electron chi connectivity index (χ1n) is 9.30. The number of hydrogen-bond acceptors (Lipinski definition) is 4. The molecule has 3 aromatic rings. The monoisotopic (exact) mass is 352 g/mol. The van der Waals surface area contributed by atoms with Crippen molar-refractivity contribution in [3.05, 3.63) is 35.9 Å². The number of pyridine rings is 1. The van der Waals surface area contributed by atoms with Gasteiger partial charge in [-0.15, -0.1) is 0 Å². The van der Waals surface area contributed by atoms with Crippen LogP contribution in [0.15, 0.2) is 28.9 Å². The third kappa shape index (κ3) is 3.23.